The fraction of sp³-hybridized carbons (Fsp3) is 0.133. The smallest absolute Gasteiger partial charge is 0.125 e. The van der Waals surface area contributed by atoms with Crippen LogP contribution in [0.5, 0.6) is 5.75 Å². The van der Waals surface area contributed by atoms with Crippen molar-refractivity contribution in [2.75, 3.05) is 7.11 Å². The van der Waals surface area contributed by atoms with Gasteiger partial charge in [0.1, 0.15) is 11.6 Å². The molecule has 0 aliphatic carbocycles. The summed E-state index contributed by atoms with van der Waals surface area (Å²) in [6.45, 7) is 0.392. The van der Waals surface area contributed by atoms with Crippen LogP contribution in [0.1, 0.15) is 11.1 Å². The second-order valence-corrected chi connectivity index (χ2v) is 4.40. The molecule has 19 heavy (non-hydrogen) atoms. The zero-order valence-electron chi connectivity index (χ0n) is 10.6. The molecule has 4 heteroatoms. The summed E-state index contributed by atoms with van der Waals surface area (Å²) in [5, 5.41) is 0.629. The lowest BCUT2D eigenvalue weighted by atomic mass is 10.2. The van der Waals surface area contributed by atoms with Gasteiger partial charge in [-0.05, 0) is 12.1 Å². The van der Waals surface area contributed by atoms with Gasteiger partial charge in [0, 0.05) is 16.1 Å². The number of ether oxygens (including phenoxy) is 1. The van der Waals surface area contributed by atoms with E-state index in [4.69, 9.17) is 22.1 Å². The summed E-state index contributed by atoms with van der Waals surface area (Å²) in [6.07, 6.45) is 0. The van der Waals surface area contributed by atoms with Crippen molar-refractivity contribution in [3.05, 3.63) is 64.7 Å². The molecule has 98 valence electrons. The van der Waals surface area contributed by atoms with Crippen molar-refractivity contribution in [2.24, 2.45) is 10.7 Å². The minimum Gasteiger partial charge on any atom is -0.496 e. The quantitative estimate of drug-likeness (QED) is 0.687. The number of amidine groups is 1. The van der Waals surface area contributed by atoms with E-state index < -0.39 is 0 Å². The second-order valence-electron chi connectivity index (χ2n) is 3.99. The molecular weight excluding hydrogens is 260 g/mol. The largest absolute Gasteiger partial charge is 0.496 e. The van der Waals surface area contributed by atoms with Crippen molar-refractivity contribution >= 4 is 17.4 Å². The number of methoxy groups -OCH3 is 1. The Balaban J connectivity index is 2.23. The molecule has 0 radical (unpaired) electrons. The summed E-state index contributed by atoms with van der Waals surface area (Å²) in [7, 11) is 1.61. The molecule has 3 nitrogen and oxygen atoms in total. The Hall–Kier alpha value is -2.00. The van der Waals surface area contributed by atoms with E-state index in [2.05, 4.69) is 4.99 Å². The van der Waals surface area contributed by atoms with Crippen molar-refractivity contribution in [1.29, 1.82) is 0 Å². The summed E-state index contributed by atoms with van der Waals surface area (Å²) in [5.74, 6) is 1.21. The van der Waals surface area contributed by atoms with Crippen LogP contribution in [0.2, 0.25) is 5.02 Å². The fourth-order valence-corrected chi connectivity index (χ4v) is 1.97. The van der Waals surface area contributed by atoms with Crippen LogP contribution < -0.4 is 10.5 Å². The van der Waals surface area contributed by atoms with Gasteiger partial charge in [0.05, 0.1) is 13.7 Å². The average Bonchev–Trinajstić information content (AvgIpc) is 2.46. The SMILES string of the molecule is COc1cccc(Cl)c1CN=C(N)c1ccccc1. The predicted octanol–water partition coefficient (Wildman–Crippen LogP) is 3.25. The molecular formula is C15H15ClN2O. The van der Waals surface area contributed by atoms with Gasteiger partial charge in [0.2, 0.25) is 0 Å². The Bertz CT molecular complexity index is 582. The van der Waals surface area contributed by atoms with Crippen molar-refractivity contribution in [3.8, 4) is 5.75 Å². The molecule has 0 saturated heterocycles. The molecule has 0 aliphatic rings. The molecule has 0 heterocycles. The van der Waals surface area contributed by atoms with E-state index in [-0.39, 0.29) is 0 Å². The number of hydrogen-bond acceptors (Lipinski definition) is 2. The number of aliphatic imine (C=N–C) groups is 1. The highest BCUT2D eigenvalue weighted by atomic mass is 35.5. The Labute approximate surface area is 117 Å². The van der Waals surface area contributed by atoms with Crippen LogP contribution in [0.25, 0.3) is 0 Å². The van der Waals surface area contributed by atoms with E-state index in [0.717, 1.165) is 16.9 Å². The van der Waals surface area contributed by atoms with Gasteiger partial charge in [-0.2, -0.15) is 0 Å². The predicted molar refractivity (Wildman–Crippen MR) is 78.9 cm³/mol. The van der Waals surface area contributed by atoms with Gasteiger partial charge in [-0.3, -0.25) is 4.99 Å². The van der Waals surface area contributed by atoms with Crippen LogP contribution in [0.3, 0.4) is 0 Å². The first-order valence-electron chi connectivity index (χ1n) is 5.89. The third-order valence-corrected chi connectivity index (χ3v) is 3.13. The molecule has 0 aliphatic heterocycles. The first-order valence-corrected chi connectivity index (χ1v) is 6.27. The van der Waals surface area contributed by atoms with E-state index in [1.54, 1.807) is 7.11 Å². The first kappa shape index (κ1) is 13.4. The van der Waals surface area contributed by atoms with Crippen LogP contribution in [0.15, 0.2) is 53.5 Å². The Morgan fingerprint density at radius 2 is 1.89 bits per heavy atom. The summed E-state index contributed by atoms with van der Waals surface area (Å²) in [6, 6.07) is 15.1. The number of hydrogen-bond donors (Lipinski definition) is 1. The standard InChI is InChI=1S/C15H15ClN2O/c1-19-14-9-5-8-13(16)12(14)10-18-15(17)11-6-3-2-4-7-11/h2-9H,10H2,1H3,(H2,17,18). The fourth-order valence-electron chi connectivity index (χ4n) is 1.75. The molecule has 0 aromatic heterocycles. The molecule has 0 bridgehead atoms. The number of halogens is 1. The van der Waals surface area contributed by atoms with Crippen LogP contribution in [-0.4, -0.2) is 12.9 Å². The number of nitrogens with zero attached hydrogens (tertiary/aromatic N) is 1. The number of benzene rings is 2. The van der Waals surface area contributed by atoms with E-state index in [9.17, 15) is 0 Å². The van der Waals surface area contributed by atoms with Crippen molar-refractivity contribution in [1.82, 2.24) is 0 Å². The molecule has 2 aromatic carbocycles. The highest BCUT2D eigenvalue weighted by Gasteiger charge is 2.07. The van der Waals surface area contributed by atoms with Gasteiger partial charge >= 0.3 is 0 Å². The molecule has 2 rings (SSSR count). The van der Waals surface area contributed by atoms with Gasteiger partial charge in [-0.1, -0.05) is 48.0 Å². The number of nitrogens with two attached hydrogens (primary N) is 1. The molecule has 0 unspecified atom stereocenters. The topological polar surface area (TPSA) is 47.6 Å². The van der Waals surface area contributed by atoms with Gasteiger partial charge < -0.3 is 10.5 Å². The molecule has 0 amide bonds. The maximum Gasteiger partial charge on any atom is 0.125 e. The molecule has 0 fully saturated rings. The third kappa shape index (κ3) is 3.26. The Morgan fingerprint density at radius 3 is 2.58 bits per heavy atom. The first-order chi connectivity index (χ1) is 9.22. The second kappa shape index (κ2) is 6.25. The van der Waals surface area contributed by atoms with Crippen molar-refractivity contribution < 1.29 is 4.74 Å². The maximum atomic E-state index is 6.15. The van der Waals surface area contributed by atoms with Gasteiger partial charge in [0.15, 0.2) is 0 Å². The van der Waals surface area contributed by atoms with E-state index >= 15 is 0 Å². The van der Waals surface area contributed by atoms with Crippen LogP contribution in [0.4, 0.5) is 0 Å². The highest BCUT2D eigenvalue weighted by Crippen LogP contribution is 2.26. The van der Waals surface area contributed by atoms with E-state index in [1.807, 2.05) is 48.5 Å². The summed E-state index contributed by atoms with van der Waals surface area (Å²) in [5.41, 5.74) is 7.69. The van der Waals surface area contributed by atoms with Gasteiger partial charge in [-0.15, -0.1) is 0 Å². The monoisotopic (exact) mass is 274 g/mol. The van der Waals surface area contributed by atoms with Gasteiger partial charge in [-0.25, -0.2) is 0 Å². The van der Waals surface area contributed by atoms with Crippen LogP contribution in [-0.2, 0) is 6.54 Å². The molecule has 0 saturated carbocycles. The average molecular weight is 275 g/mol. The molecule has 2 N–H and O–H groups in total. The number of rotatable bonds is 4. The minimum atomic E-state index is 0.392. The zero-order chi connectivity index (χ0) is 13.7. The summed E-state index contributed by atoms with van der Waals surface area (Å²) < 4.78 is 5.27. The Morgan fingerprint density at radius 1 is 1.16 bits per heavy atom. The summed E-state index contributed by atoms with van der Waals surface area (Å²) in [4.78, 5) is 4.36. The molecule has 0 spiro atoms. The molecule has 0 atom stereocenters. The lowest BCUT2D eigenvalue weighted by Gasteiger charge is -2.08. The lowest BCUT2D eigenvalue weighted by Crippen LogP contribution is -2.13. The van der Waals surface area contributed by atoms with Crippen molar-refractivity contribution in [3.63, 3.8) is 0 Å². The van der Waals surface area contributed by atoms with E-state index in [1.165, 1.54) is 0 Å². The Kier molecular flexibility index (Phi) is 4.42. The van der Waals surface area contributed by atoms with Crippen LogP contribution >= 0.6 is 11.6 Å². The van der Waals surface area contributed by atoms with Crippen molar-refractivity contribution in [2.45, 2.75) is 6.54 Å². The normalized spacial score (nSPS) is 11.4. The summed E-state index contributed by atoms with van der Waals surface area (Å²) >= 11 is 6.15. The lowest BCUT2D eigenvalue weighted by molar-refractivity contribution is 0.410. The highest BCUT2D eigenvalue weighted by molar-refractivity contribution is 6.31. The minimum absolute atomic E-state index is 0.392. The van der Waals surface area contributed by atoms with Crippen LogP contribution in [0, 0.1) is 0 Å². The van der Waals surface area contributed by atoms with E-state index in [0.29, 0.717) is 17.4 Å². The third-order valence-electron chi connectivity index (χ3n) is 2.77. The zero-order valence-corrected chi connectivity index (χ0v) is 11.4. The maximum absolute atomic E-state index is 6.15. The van der Waals surface area contributed by atoms with Gasteiger partial charge in [0.25, 0.3) is 0 Å². The molecule has 2 aromatic rings.